The van der Waals surface area contributed by atoms with Crippen LogP contribution in [-0.4, -0.2) is 22.1 Å². The lowest BCUT2D eigenvalue weighted by Crippen LogP contribution is -2.04. The molecule has 0 aliphatic carbocycles. The largest absolute Gasteiger partial charge is 0.481 e. The van der Waals surface area contributed by atoms with Gasteiger partial charge in [0.2, 0.25) is 0 Å². The summed E-state index contributed by atoms with van der Waals surface area (Å²) in [7, 11) is 0. The molecule has 4 aromatic rings. The van der Waals surface area contributed by atoms with Crippen LogP contribution < -0.4 is 0 Å². The zero-order valence-electron chi connectivity index (χ0n) is 14.0. The summed E-state index contributed by atoms with van der Waals surface area (Å²) >= 11 is 0.890. The molecule has 0 fully saturated rings. The van der Waals surface area contributed by atoms with Gasteiger partial charge in [-0.25, -0.2) is 5.26 Å². The van der Waals surface area contributed by atoms with Crippen LogP contribution in [0.2, 0.25) is 0 Å². The summed E-state index contributed by atoms with van der Waals surface area (Å²) in [4.78, 5) is 24.1. The minimum atomic E-state index is -0.992. The van der Waals surface area contributed by atoms with E-state index in [0.29, 0.717) is 5.56 Å². The highest BCUT2D eigenvalue weighted by Gasteiger charge is 2.17. The first-order valence-corrected chi connectivity index (χ1v) is 8.94. The number of carboxylic acids is 1. The van der Waals surface area contributed by atoms with Gasteiger partial charge in [-0.15, -0.1) is 4.33 Å². The van der Waals surface area contributed by atoms with Crippen molar-refractivity contribution < 1.29 is 29.3 Å². The number of carbonyl (C=O) groups is 2. The summed E-state index contributed by atoms with van der Waals surface area (Å²) in [6, 6.07) is 15.2. The van der Waals surface area contributed by atoms with Crippen molar-refractivity contribution in [2.24, 2.45) is 0 Å². The molecule has 0 saturated heterocycles. The molecule has 0 aromatic heterocycles. The Labute approximate surface area is 157 Å². The van der Waals surface area contributed by atoms with Gasteiger partial charge < -0.3 is 5.11 Å². The first-order chi connectivity index (χ1) is 13.1. The van der Waals surface area contributed by atoms with E-state index in [2.05, 4.69) is 9.37 Å². The van der Waals surface area contributed by atoms with Crippen LogP contribution in [0.3, 0.4) is 0 Å². The summed E-state index contributed by atoms with van der Waals surface area (Å²) in [5.41, 5.74) is 0.520. The van der Waals surface area contributed by atoms with Crippen LogP contribution in [0.4, 0.5) is 0 Å². The van der Waals surface area contributed by atoms with Gasteiger partial charge >= 0.3 is 5.97 Å². The Morgan fingerprint density at radius 2 is 1.48 bits per heavy atom. The first kappa shape index (κ1) is 17.7. The SMILES string of the molecule is O=C(O)CCC(=O)c1ccc2ccc3c(SOOO)ccc4ccc1c2c43. The van der Waals surface area contributed by atoms with Crippen LogP contribution in [0.1, 0.15) is 23.2 Å². The second-order valence-electron chi connectivity index (χ2n) is 6.14. The predicted molar refractivity (Wildman–Crippen MR) is 102 cm³/mol. The smallest absolute Gasteiger partial charge is 0.303 e. The number of ketones is 1. The van der Waals surface area contributed by atoms with E-state index >= 15 is 0 Å². The molecule has 0 aliphatic rings. The molecule has 4 rings (SSSR count). The van der Waals surface area contributed by atoms with E-state index in [1.807, 2.05) is 42.5 Å². The van der Waals surface area contributed by atoms with E-state index < -0.39 is 5.97 Å². The van der Waals surface area contributed by atoms with E-state index in [9.17, 15) is 9.59 Å². The molecule has 0 unspecified atom stereocenters. The van der Waals surface area contributed by atoms with Crippen LogP contribution >= 0.6 is 12.0 Å². The lowest BCUT2D eigenvalue weighted by Gasteiger charge is -2.15. The Morgan fingerprint density at radius 3 is 2.19 bits per heavy atom. The minimum Gasteiger partial charge on any atom is -0.481 e. The standard InChI is InChI=1S/C20H14O6S/c21-16(8-10-18(22)23)13-5-1-11-3-7-15-17(27-26-25-24)9-4-12-2-6-14(13)19(11)20(12)15/h1-7,9,24H,8,10H2,(H,22,23). The zero-order valence-corrected chi connectivity index (χ0v) is 14.8. The molecule has 0 radical (unpaired) electrons. The number of carboxylic acid groups (broad SMARTS) is 1. The monoisotopic (exact) mass is 382 g/mol. The number of hydrogen-bond donors (Lipinski definition) is 2. The van der Waals surface area contributed by atoms with Crippen molar-refractivity contribution in [3.63, 3.8) is 0 Å². The van der Waals surface area contributed by atoms with E-state index in [1.165, 1.54) is 0 Å². The molecule has 0 bridgehead atoms. The summed E-state index contributed by atoms with van der Waals surface area (Å²) in [6.07, 6.45) is -0.234. The normalized spacial score (nSPS) is 11.6. The van der Waals surface area contributed by atoms with Gasteiger partial charge in [0.25, 0.3) is 0 Å². The molecule has 4 aromatic carbocycles. The highest BCUT2D eigenvalue weighted by atomic mass is 32.2. The summed E-state index contributed by atoms with van der Waals surface area (Å²) in [6.45, 7) is 0. The third kappa shape index (κ3) is 3.11. The van der Waals surface area contributed by atoms with Crippen molar-refractivity contribution in [2.45, 2.75) is 17.7 Å². The minimum absolute atomic E-state index is 0.0396. The van der Waals surface area contributed by atoms with Gasteiger partial charge in [-0.2, -0.15) is 0 Å². The highest BCUT2D eigenvalue weighted by molar-refractivity contribution is 7.94. The highest BCUT2D eigenvalue weighted by Crippen LogP contribution is 2.40. The third-order valence-electron chi connectivity index (χ3n) is 4.65. The van der Waals surface area contributed by atoms with Gasteiger partial charge in [0.05, 0.1) is 18.5 Å². The van der Waals surface area contributed by atoms with Crippen molar-refractivity contribution in [3.8, 4) is 0 Å². The molecule has 0 amide bonds. The molecule has 27 heavy (non-hydrogen) atoms. The molecule has 6 nitrogen and oxygen atoms in total. The molecule has 0 saturated carbocycles. The van der Waals surface area contributed by atoms with Crippen LogP contribution in [0.25, 0.3) is 32.3 Å². The third-order valence-corrected chi connectivity index (χ3v) is 5.31. The number of carbonyl (C=O) groups excluding carboxylic acids is 1. The van der Waals surface area contributed by atoms with Gasteiger partial charge in [0.1, 0.15) is 0 Å². The molecule has 0 heterocycles. The van der Waals surface area contributed by atoms with Crippen molar-refractivity contribution >= 4 is 56.1 Å². The quantitative estimate of drug-likeness (QED) is 0.152. The Balaban J connectivity index is 1.94. The maximum Gasteiger partial charge on any atom is 0.303 e. The first-order valence-electron chi connectivity index (χ1n) is 8.20. The van der Waals surface area contributed by atoms with Crippen LogP contribution in [0.5, 0.6) is 0 Å². The Hall–Kier alpha value is -2.71. The zero-order chi connectivity index (χ0) is 19.0. The van der Waals surface area contributed by atoms with Crippen LogP contribution in [-0.2, 0) is 14.2 Å². The van der Waals surface area contributed by atoms with Crippen LogP contribution in [0, 0.1) is 0 Å². The predicted octanol–water partition coefficient (Wildman–Crippen LogP) is 5.06. The fourth-order valence-electron chi connectivity index (χ4n) is 3.50. The van der Waals surface area contributed by atoms with Crippen molar-refractivity contribution in [1.82, 2.24) is 0 Å². The van der Waals surface area contributed by atoms with Crippen LogP contribution in [0.15, 0.2) is 53.4 Å². The molecule has 0 aliphatic heterocycles. The summed E-state index contributed by atoms with van der Waals surface area (Å²) < 4.78 is 4.59. The topological polar surface area (TPSA) is 93.1 Å². The Bertz CT molecular complexity index is 1170. The Morgan fingerprint density at radius 1 is 0.852 bits per heavy atom. The molecule has 7 heteroatoms. The van der Waals surface area contributed by atoms with Gasteiger partial charge in [-0.05, 0) is 38.4 Å². The molecule has 2 N–H and O–H groups in total. The number of rotatable bonds is 7. The van der Waals surface area contributed by atoms with Crippen molar-refractivity contribution in [2.75, 3.05) is 0 Å². The second kappa shape index (κ2) is 7.13. The maximum absolute atomic E-state index is 12.6. The molecule has 0 spiro atoms. The summed E-state index contributed by atoms with van der Waals surface area (Å²) in [5, 5.41) is 26.6. The maximum atomic E-state index is 12.6. The van der Waals surface area contributed by atoms with Crippen molar-refractivity contribution in [1.29, 1.82) is 0 Å². The summed E-state index contributed by atoms with van der Waals surface area (Å²) in [5.74, 6) is -1.18. The lowest BCUT2D eigenvalue weighted by atomic mass is 9.90. The fourth-order valence-corrected chi connectivity index (χ4v) is 3.98. The number of benzene rings is 4. The van der Waals surface area contributed by atoms with Gasteiger partial charge in [-0.1, -0.05) is 47.5 Å². The Kier molecular flexibility index (Phi) is 4.67. The molecule has 136 valence electrons. The lowest BCUT2D eigenvalue weighted by molar-refractivity contribution is -0.432. The number of hydrogen-bond acceptors (Lipinski definition) is 6. The molecule has 0 atom stereocenters. The van der Waals surface area contributed by atoms with E-state index in [1.54, 1.807) is 6.07 Å². The molecular weight excluding hydrogens is 368 g/mol. The van der Waals surface area contributed by atoms with Gasteiger partial charge in [0.15, 0.2) is 5.78 Å². The van der Waals surface area contributed by atoms with Gasteiger partial charge in [-0.3, -0.25) is 9.59 Å². The molecular formula is C20H14O6S. The van der Waals surface area contributed by atoms with Gasteiger partial charge in [0, 0.05) is 16.9 Å². The van der Waals surface area contributed by atoms with E-state index in [0.717, 1.165) is 49.3 Å². The average Bonchev–Trinajstić information content (AvgIpc) is 2.68. The fraction of sp³-hybridized carbons (Fsp3) is 0.100. The average molecular weight is 382 g/mol. The number of Topliss-reactive ketones (excluding diaryl/α,β-unsaturated/α-hetero) is 1. The van der Waals surface area contributed by atoms with E-state index in [-0.39, 0.29) is 18.6 Å². The number of aliphatic carboxylic acids is 1. The van der Waals surface area contributed by atoms with Crippen molar-refractivity contribution in [3.05, 3.63) is 54.1 Å². The van der Waals surface area contributed by atoms with E-state index in [4.69, 9.17) is 10.4 Å². The second-order valence-corrected chi connectivity index (χ2v) is 6.88.